The number of piperidine rings is 1. The van der Waals surface area contributed by atoms with Crippen LogP contribution >= 0.6 is 0 Å². The highest BCUT2D eigenvalue weighted by Crippen LogP contribution is 2.30. The molecule has 0 radical (unpaired) electrons. The van der Waals surface area contributed by atoms with E-state index in [1.54, 1.807) is 0 Å². The molecule has 0 saturated carbocycles. The molecule has 31 heavy (non-hydrogen) atoms. The number of nitrogens with one attached hydrogen (secondary N) is 2. The van der Waals surface area contributed by atoms with E-state index in [0.29, 0.717) is 19.4 Å². The number of imide groups is 1. The number of aliphatic imine (C=N–C) groups is 1. The van der Waals surface area contributed by atoms with Gasteiger partial charge in [0.05, 0.1) is 6.04 Å². The molecule has 1 atom stereocenters. The zero-order valence-corrected chi connectivity index (χ0v) is 17.5. The number of amides is 2. The number of fused-ring (bicyclic) bond motifs is 2. The molecule has 2 aliphatic rings. The molecule has 1 saturated heterocycles. The number of nitrogens with zero attached hydrogens (tertiary/aromatic N) is 1. The summed E-state index contributed by atoms with van der Waals surface area (Å²) in [6, 6.07) is 21.2. The molecule has 1 fully saturated rings. The Bertz CT molecular complexity index is 1200. The van der Waals surface area contributed by atoms with Gasteiger partial charge in [0.2, 0.25) is 11.8 Å². The molecule has 0 aromatic heterocycles. The van der Waals surface area contributed by atoms with Gasteiger partial charge in [-0.25, -0.2) is 0 Å². The number of carbonyl (C=O) groups excluding carboxylic acids is 2. The van der Waals surface area contributed by atoms with Crippen LogP contribution in [-0.2, 0) is 16.0 Å². The van der Waals surface area contributed by atoms with Crippen LogP contribution in [-0.4, -0.2) is 30.1 Å². The van der Waals surface area contributed by atoms with E-state index in [9.17, 15) is 9.59 Å². The van der Waals surface area contributed by atoms with Crippen molar-refractivity contribution in [1.29, 1.82) is 0 Å². The van der Waals surface area contributed by atoms with Crippen molar-refractivity contribution < 1.29 is 9.59 Å². The number of carbonyl (C=O) groups is 2. The fourth-order valence-corrected chi connectivity index (χ4v) is 4.62. The highest BCUT2D eigenvalue weighted by molar-refractivity contribution is 6.12. The lowest BCUT2D eigenvalue weighted by atomic mass is 9.86. The summed E-state index contributed by atoms with van der Waals surface area (Å²) in [4.78, 5) is 29.3. The number of rotatable bonds is 3. The fourth-order valence-electron chi connectivity index (χ4n) is 4.62. The molecule has 2 aliphatic heterocycles. The van der Waals surface area contributed by atoms with E-state index in [2.05, 4.69) is 71.3 Å². The van der Waals surface area contributed by atoms with Gasteiger partial charge >= 0.3 is 0 Å². The summed E-state index contributed by atoms with van der Waals surface area (Å²) >= 11 is 0. The van der Waals surface area contributed by atoms with E-state index in [-0.39, 0.29) is 23.8 Å². The third kappa shape index (κ3) is 4.08. The Morgan fingerprint density at radius 2 is 1.71 bits per heavy atom. The zero-order chi connectivity index (χ0) is 21.4. The van der Waals surface area contributed by atoms with Crippen LogP contribution < -0.4 is 10.6 Å². The normalized spacial score (nSPS) is 19.3. The number of benzodiazepines with no additional fused rings is 1. The predicted octanol–water partition coefficient (Wildman–Crippen LogP) is 4.03. The van der Waals surface area contributed by atoms with Gasteiger partial charge in [0.25, 0.3) is 0 Å². The number of hydrogen-bond donors (Lipinski definition) is 2. The Hall–Kier alpha value is -3.47. The van der Waals surface area contributed by atoms with Gasteiger partial charge in [-0.2, -0.15) is 0 Å². The van der Waals surface area contributed by atoms with Crippen molar-refractivity contribution in [2.45, 2.75) is 32.2 Å². The van der Waals surface area contributed by atoms with Crippen molar-refractivity contribution in [2.24, 2.45) is 10.9 Å². The molecule has 5 heteroatoms. The van der Waals surface area contributed by atoms with Gasteiger partial charge in [0.1, 0.15) is 0 Å². The number of aryl methyl sites for hydroxylation is 1. The minimum atomic E-state index is -0.221. The molecule has 2 amide bonds. The van der Waals surface area contributed by atoms with E-state index >= 15 is 0 Å². The summed E-state index contributed by atoms with van der Waals surface area (Å²) in [5, 5.41) is 8.42. The van der Waals surface area contributed by atoms with Crippen LogP contribution in [0.1, 0.15) is 29.5 Å². The maximum atomic E-state index is 12.1. The molecular weight excluding hydrogens is 386 g/mol. The second-order valence-electron chi connectivity index (χ2n) is 8.56. The lowest BCUT2D eigenvalue weighted by Crippen LogP contribution is -2.41. The number of benzene rings is 3. The monoisotopic (exact) mass is 411 g/mol. The minimum absolute atomic E-state index is 0.0176. The SMILES string of the molecule is Cc1ccc2c(c1)C(C1CC(=O)NC(=O)C1)=NC(Cc1ccc3ccccc3c1)CN2. The van der Waals surface area contributed by atoms with Crippen LogP contribution in [0.4, 0.5) is 5.69 Å². The molecule has 2 heterocycles. The van der Waals surface area contributed by atoms with Crippen LogP contribution in [0.3, 0.4) is 0 Å². The van der Waals surface area contributed by atoms with Crippen LogP contribution in [0, 0.1) is 12.8 Å². The average Bonchev–Trinajstić information content (AvgIpc) is 2.92. The van der Waals surface area contributed by atoms with E-state index in [0.717, 1.165) is 28.9 Å². The van der Waals surface area contributed by atoms with E-state index in [1.807, 2.05) is 6.92 Å². The van der Waals surface area contributed by atoms with Gasteiger partial charge in [-0.3, -0.25) is 19.9 Å². The Kier molecular flexibility index (Phi) is 5.02. The molecule has 5 nitrogen and oxygen atoms in total. The Morgan fingerprint density at radius 1 is 0.935 bits per heavy atom. The molecular formula is C26H25N3O2. The van der Waals surface area contributed by atoms with Gasteiger partial charge in [-0.15, -0.1) is 0 Å². The first kappa shape index (κ1) is 19.5. The molecule has 0 aliphatic carbocycles. The van der Waals surface area contributed by atoms with Crippen LogP contribution in [0.25, 0.3) is 10.8 Å². The summed E-state index contributed by atoms with van der Waals surface area (Å²) in [6.07, 6.45) is 1.38. The lowest BCUT2D eigenvalue weighted by Gasteiger charge is -2.24. The van der Waals surface area contributed by atoms with Gasteiger partial charge < -0.3 is 5.32 Å². The van der Waals surface area contributed by atoms with Crippen LogP contribution in [0.2, 0.25) is 0 Å². The molecule has 2 N–H and O–H groups in total. The first-order valence-electron chi connectivity index (χ1n) is 10.8. The quantitative estimate of drug-likeness (QED) is 0.640. The highest BCUT2D eigenvalue weighted by Gasteiger charge is 2.32. The first-order chi connectivity index (χ1) is 15.0. The molecule has 3 aromatic rings. The summed E-state index contributed by atoms with van der Waals surface area (Å²) in [7, 11) is 0. The standard InChI is InChI=1S/C26H25N3O2/c1-16-6-9-23-22(10-16)26(20-13-24(30)29-25(31)14-20)28-21(15-27-23)12-17-7-8-18-4-2-3-5-19(18)11-17/h2-11,20-21,27H,12-15H2,1H3,(H,29,30,31). The minimum Gasteiger partial charge on any atom is -0.382 e. The Morgan fingerprint density at radius 3 is 2.52 bits per heavy atom. The maximum absolute atomic E-state index is 12.1. The van der Waals surface area contributed by atoms with Gasteiger partial charge in [0.15, 0.2) is 0 Å². The second-order valence-corrected chi connectivity index (χ2v) is 8.56. The average molecular weight is 412 g/mol. The summed E-state index contributed by atoms with van der Waals surface area (Å²) in [6.45, 7) is 2.76. The van der Waals surface area contributed by atoms with Crippen molar-refractivity contribution in [3.05, 3.63) is 77.4 Å². The van der Waals surface area contributed by atoms with Crippen molar-refractivity contribution in [3.8, 4) is 0 Å². The van der Waals surface area contributed by atoms with Gasteiger partial charge in [0, 0.05) is 42.3 Å². The molecule has 5 rings (SSSR count). The van der Waals surface area contributed by atoms with Crippen molar-refractivity contribution in [2.75, 3.05) is 11.9 Å². The van der Waals surface area contributed by atoms with Crippen LogP contribution in [0.5, 0.6) is 0 Å². The fraction of sp³-hybridized carbons (Fsp3) is 0.269. The predicted molar refractivity (Wildman–Crippen MR) is 124 cm³/mol. The summed E-state index contributed by atoms with van der Waals surface area (Å²) in [5.41, 5.74) is 5.26. The molecule has 156 valence electrons. The zero-order valence-electron chi connectivity index (χ0n) is 17.5. The molecule has 0 bridgehead atoms. The molecule has 3 aromatic carbocycles. The largest absolute Gasteiger partial charge is 0.382 e. The Labute approximate surface area is 181 Å². The smallest absolute Gasteiger partial charge is 0.227 e. The molecule has 0 spiro atoms. The summed E-state index contributed by atoms with van der Waals surface area (Å²) in [5.74, 6) is -0.635. The van der Waals surface area contributed by atoms with Gasteiger partial charge in [-0.05, 0) is 41.8 Å². The first-order valence-corrected chi connectivity index (χ1v) is 10.8. The molecule has 1 unspecified atom stereocenters. The lowest BCUT2D eigenvalue weighted by molar-refractivity contribution is -0.133. The highest BCUT2D eigenvalue weighted by atomic mass is 16.2. The van der Waals surface area contributed by atoms with E-state index in [1.165, 1.54) is 16.3 Å². The van der Waals surface area contributed by atoms with E-state index < -0.39 is 0 Å². The third-order valence-electron chi connectivity index (χ3n) is 6.12. The van der Waals surface area contributed by atoms with Crippen LogP contribution in [0.15, 0.2) is 65.7 Å². The number of hydrogen-bond acceptors (Lipinski definition) is 4. The van der Waals surface area contributed by atoms with E-state index in [4.69, 9.17) is 4.99 Å². The summed E-state index contributed by atoms with van der Waals surface area (Å²) < 4.78 is 0. The van der Waals surface area contributed by atoms with Crippen molar-refractivity contribution in [1.82, 2.24) is 5.32 Å². The number of anilines is 1. The third-order valence-corrected chi connectivity index (χ3v) is 6.12. The van der Waals surface area contributed by atoms with Crippen molar-refractivity contribution >= 4 is 34.0 Å². The maximum Gasteiger partial charge on any atom is 0.227 e. The van der Waals surface area contributed by atoms with Crippen molar-refractivity contribution in [3.63, 3.8) is 0 Å². The topological polar surface area (TPSA) is 70.6 Å². The second kappa shape index (κ2) is 7.99. The Balaban J connectivity index is 1.51. The van der Waals surface area contributed by atoms with Gasteiger partial charge in [-0.1, -0.05) is 54.1 Å².